The maximum atomic E-state index is 12.7. The average Bonchev–Trinajstić information content (AvgIpc) is 2.98. The maximum absolute atomic E-state index is 12.7. The summed E-state index contributed by atoms with van der Waals surface area (Å²) in [5.41, 5.74) is -0.300. The van der Waals surface area contributed by atoms with E-state index in [1.165, 1.54) is 17.0 Å². The number of carbonyl (C=O) groups excluding carboxylic acids is 2. The Morgan fingerprint density at radius 3 is 2.74 bits per heavy atom. The molecule has 0 aromatic carbocycles. The number of nitrogens with zero attached hydrogens (tertiary/aromatic N) is 1. The molecular formula is C20H28N2O5. The summed E-state index contributed by atoms with van der Waals surface area (Å²) in [4.78, 5) is 37.6. The number of aliphatic hydroxyl groups is 1. The van der Waals surface area contributed by atoms with Crippen molar-refractivity contribution in [1.29, 1.82) is 0 Å². The van der Waals surface area contributed by atoms with Crippen LogP contribution in [0.1, 0.15) is 43.5 Å². The SMILES string of the molecule is C=CCCC(CC(C)C)C(=O)N[C@@H]1CN(C(=O)c2ccc(=O)oc2)C[C@H]1O. The molecule has 1 aliphatic rings. The summed E-state index contributed by atoms with van der Waals surface area (Å²) in [5.74, 6) is -0.220. The number of aliphatic hydroxyl groups excluding tert-OH is 1. The Labute approximate surface area is 159 Å². The van der Waals surface area contributed by atoms with E-state index in [9.17, 15) is 19.5 Å². The highest BCUT2D eigenvalue weighted by Gasteiger charge is 2.36. The van der Waals surface area contributed by atoms with Gasteiger partial charge in [-0.25, -0.2) is 4.79 Å². The number of likely N-dealkylation sites (tertiary alicyclic amines) is 1. The monoisotopic (exact) mass is 376 g/mol. The van der Waals surface area contributed by atoms with Crippen molar-refractivity contribution >= 4 is 11.8 Å². The second kappa shape index (κ2) is 9.50. The van der Waals surface area contributed by atoms with Gasteiger partial charge in [0.2, 0.25) is 5.91 Å². The van der Waals surface area contributed by atoms with Gasteiger partial charge in [0, 0.05) is 25.1 Å². The first-order chi connectivity index (χ1) is 12.8. The Hall–Kier alpha value is -2.41. The molecule has 1 aliphatic heterocycles. The molecule has 7 nitrogen and oxygen atoms in total. The number of rotatable bonds is 8. The van der Waals surface area contributed by atoms with Gasteiger partial charge in [-0.3, -0.25) is 9.59 Å². The summed E-state index contributed by atoms with van der Waals surface area (Å²) in [7, 11) is 0. The molecular weight excluding hydrogens is 348 g/mol. The Morgan fingerprint density at radius 1 is 1.41 bits per heavy atom. The minimum atomic E-state index is -0.840. The zero-order valence-electron chi connectivity index (χ0n) is 15.9. The summed E-state index contributed by atoms with van der Waals surface area (Å²) >= 11 is 0. The van der Waals surface area contributed by atoms with Gasteiger partial charge in [-0.1, -0.05) is 19.9 Å². The molecule has 7 heteroatoms. The van der Waals surface area contributed by atoms with Gasteiger partial charge in [-0.05, 0) is 31.2 Å². The summed E-state index contributed by atoms with van der Waals surface area (Å²) in [6.45, 7) is 8.16. The Balaban J connectivity index is 1.99. The van der Waals surface area contributed by atoms with Crippen LogP contribution in [0, 0.1) is 11.8 Å². The predicted molar refractivity (Wildman–Crippen MR) is 101 cm³/mol. The minimum Gasteiger partial charge on any atom is -0.430 e. The molecule has 1 fully saturated rings. The maximum Gasteiger partial charge on any atom is 0.335 e. The van der Waals surface area contributed by atoms with Gasteiger partial charge >= 0.3 is 5.63 Å². The lowest BCUT2D eigenvalue weighted by Gasteiger charge is -2.22. The van der Waals surface area contributed by atoms with Gasteiger partial charge in [0.15, 0.2) is 0 Å². The number of carbonyl (C=O) groups is 2. The van der Waals surface area contributed by atoms with E-state index in [1.54, 1.807) is 6.08 Å². The molecule has 0 bridgehead atoms. The van der Waals surface area contributed by atoms with Crippen LogP contribution in [-0.4, -0.2) is 47.1 Å². The van der Waals surface area contributed by atoms with Crippen molar-refractivity contribution in [3.8, 4) is 0 Å². The lowest BCUT2D eigenvalue weighted by Crippen LogP contribution is -2.45. The Bertz CT molecular complexity index is 707. The van der Waals surface area contributed by atoms with E-state index >= 15 is 0 Å². The first-order valence-corrected chi connectivity index (χ1v) is 9.29. The summed E-state index contributed by atoms with van der Waals surface area (Å²) in [6.07, 6.45) is 4.28. The number of hydrogen-bond donors (Lipinski definition) is 2. The standard InChI is InChI=1S/C20H28N2O5/c1-4-5-6-14(9-13(2)3)19(25)21-16-10-22(11-17(16)23)20(26)15-7-8-18(24)27-12-15/h4,7-8,12-14,16-17,23H,1,5-6,9-11H2,2-3H3,(H,21,25)/t14?,16-,17-/m1/s1. The van der Waals surface area contributed by atoms with Gasteiger partial charge in [0.25, 0.3) is 5.91 Å². The van der Waals surface area contributed by atoms with Gasteiger partial charge in [-0.15, -0.1) is 6.58 Å². The van der Waals surface area contributed by atoms with Crippen molar-refractivity contribution in [3.63, 3.8) is 0 Å². The molecule has 0 aliphatic carbocycles. The van der Waals surface area contributed by atoms with E-state index in [0.717, 1.165) is 19.1 Å². The highest BCUT2D eigenvalue weighted by Crippen LogP contribution is 2.20. The quantitative estimate of drug-likeness (QED) is 0.671. The molecule has 0 spiro atoms. The molecule has 0 saturated carbocycles. The molecule has 2 heterocycles. The fourth-order valence-corrected chi connectivity index (χ4v) is 3.30. The van der Waals surface area contributed by atoms with E-state index in [1.807, 2.05) is 0 Å². The average molecular weight is 376 g/mol. The van der Waals surface area contributed by atoms with Crippen LogP contribution in [0.3, 0.4) is 0 Å². The fraction of sp³-hybridized carbons (Fsp3) is 0.550. The van der Waals surface area contributed by atoms with Crippen molar-refractivity contribution in [3.05, 3.63) is 47.0 Å². The van der Waals surface area contributed by atoms with Gasteiger partial charge in [-0.2, -0.15) is 0 Å². The van der Waals surface area contributed by atoms with Crippen molar-refractivity contribution in [2.24, 2.45) is 11.8 Å². The number of amides is 2. The zero-order valence-corrected chi connectivity index (χ0v) is 15.9. The molecule has 3 atom stereocenters. The Morgan fingerprint density at radius 2 is 2.15 bits per heavy atom. The van der Waals surface area contributed by atoms with E-state index < -0.39 is 17.8 Å². The van der Waals surface area contributed by atoms with Crippen molar-refractivity contribution < 1.29 is 19.1 Å². The van der Waals surface area contributed by atoms with Crippen molar-refractivity contribution in [1.82, 2.24) is 10.2 Å². The van der Waals surface area contributed by atoms with E-state index in [-0.39, 0.29) is 36.4 Å². The highest BCUT2D eigenvalue weighted by atomic mass is 16.4. The second-order valence-electron chi connectivity index (χ2n) is 7.43. The van der Waals surface area contributed by atoms with Crippen LogP contribution in [0.15, 0.2) is 40.3 Å². The van der Waals surface area contributed by atoms with E-state index in [2.05, 4.69) is 25.7 Å². The molecule has 1 aromatic rings. The van der Waals surface area contributed by atoms with Gasteiger partial charge in [0.1, 0.15) is 6.26 Å². The second-order valence-corrected chi connectivity index (χ2v) is 7.43. The van der Waals surface area contributed by atoms with Crippen LogP contribution in [-0.2, 0) is 4.79 Å². The van der Waals surface area contributed by atoms with Gasteiger partial charge < -0.3 is 19.7 Å². The number of nitrogens with one attached hydrogen (secondary N) is 1. The normalized spacial score (nSPS) is 20.5. The first kappa shape index (κ1) is 20.9. The lowest BCUT2D eigenvalue weighted by atomic mass is 9.91. The van der Waals surface area contributed by atoms with Gasteiger partial charge in [0.05, 0.1) is 17.7 Å². The third-order valence-electron chi connectivity index (χ3n) is 4.70. The molecule has 1 saturated heterocycles. The third-order valence-corrected chi connectivity index (χ3v) is 4.70. The van der Waals surface area contributed by atoms with E-state index in [0.29, 0.717) is 12.3 Å². The van der Waals surface area contributed by atoms with Crippen LogP contribution in [0.2, 0.25) is 0 Å². The molecule has 1 aromatic heterocycles. The largest absolute Gasteiger partial charge is 0.430 e. The molecule has 2 amide bonds. The smallest absolute Gasteiger partial charge is 0.335 e. The molecule has 2 N–H and O–H groups in total. The van der Waals surface area contributed by atoms with Crippen LogP contribution >= 0.6 is 0 Å². The fourth-order valence-electron chi connectivity index (χ4n) is 3.30. The predicted octanol–water partition coefficient (Wildman–Crippen LogP) is 1.57. The topological polar surface area (TPSA) is 99.9 Å². The van der Waals surface area contributed by atoms with Crippen LogP contribution < -0.4 is 10.9 Å². The van der Waals surface area contributed by atoms with Crippen LogP contribution in [0.5, 0.6) is 0 Å². The molecule has 27 heavy (non-hydrogen) atoms. The minimum absolute atomic E-state index is 0.102. The van der Waals surface area contributed by atoms with Crippen molar-refractivity contribution in [2.75, 3.05) is 13.1 Å². The highest BCUT2D eigenvalue weighted by molar-refractivity contribution is 5.94. The lowest BCUT2D eigenvalue weighted by molar-refractivity contribution is -0.127. The third kappa shape index (κ3) is 5.79. The van der Waals surface area contributed by atoms with E-state index in [4.69, 9.17) is 4.42 Å². The molecule has 0 radical (unpaired) electrons. The summed E-state index contributed by atoms with van der Waals surface area (Å²) in [6, 6.07) is 2.05. The molecule has 1 unspecified atom stereocenters. The molecule has 148 valence electrons. The summed E-state index contributed by atoms with van der Waals surface area (Å²) in [5, 5.41) is 13.2. The number of hydrogen-bond acceptors (Lipinski definition) is 5. The first-order valence-electron chi connectivity index (χ1n) is 9.29. The summed E-state index contributed by atoms with van der Waals surface area (Å²) < 4.78 is 4.72. The number of β-amino-alcohol motifs (C(OH)–C–C–N with tert-alkyl or cyclic N) is 1. The number of allylic oxidation sites excluding steroid dienone is 1. The zero-order chi connectivity index (χ0) is 20.0. The van der Waals surface area contributed by atoms with Crippen LogP contribution in [0.25, 0.3) is 0 Å². The van der Waals surface area contributed by atoms with Crippen LogP contribution in [0.4, 0.5) is 0 Å². The molecule has 2 rings (SSSR count). The van der Waals surface area contributed by atoms with Crippen molar-refractivity contribution in [2.45, 2.75) is 45.3 Å². The Kier molecular flexibility index (Phi) is 7.36.